The van der Waals surface area contributed by atoms with Crippen LogP contribution in [0.5, 0.6) is 0 Å². The number of hydrogen-bond donors (Lipinski definition) is 2. The van der Waals surface area contributed by atoms with Crippen LogP contribution in [0.15, 0.2) is 30.5 Å². The number of nitrogens with zero attached hydrogens (tertiary/aromatic N) is 5. The monoisotopic (exact) mass is 399 g/mol. The molecular weight excluding hydrogens is 378 g/mol. The lowest BCUT2D eigenvalue weighted by Gasteiger charge is -2.22. The normalized spacial score (nSPS) is 18.5. The van der Waals surface area contributed by atoms with E-state index >= 15 is 0 Å². The van der Waals surface area contributed by atoms with E-state index in [0.717, 1.165) is 54.5 Å². The summed E-state index contributed by atoms with van der Waals surface area (Å²) in [5, 5.41) is 15.9. The van der Waals surface area contributed by atoms with Gasteiger partial charge in [0.05, 0.1) is 17.1 Å². The summed E-state index contributed by atoms with van der Waals surface area (Å²) < 4.78 is 3.80. The van der Waals surface area contributed by atoms with Gasteiger partial charge in [-0.15, -0.1) is 12.4 Å². The molecule has 1 atom stereocenters. The molecule has 3 aromatic rings. The Morgan fingerprint density at radius 3 is 2.96 bits per heavy atom. The molecule has 0 radical (unpaired) electrons. The Kier molecular flexibility index (Phi) is 4.91. The van der Waals surface area contributed by atoms with Crippen LogP contribution in [0.25, 0.3) is 11.4 Å². The van der Waals surface area contributed by atoms with E-state index in [1.54, 1.807) is 10.9 Å². The lowest BCUT2D eigenvalue weighted by atomic mass is 9.88. The largest absolute Gasteiger partial charge is 0.311 e. The zero-order valence-electron chi connectivity index (χ0n) is 15.6. The number of aromatic nitrogens is 5. The summed E-state index contributed by atoms with van der Waals surface area (Å²) >= 11 is 0. The van der Waals surface area contributed by atoms with Crippen LogP contribution in [0.2, 0.25) is 0 Å². The Morgan fingerprint density at radius 2 is 2.14 bits per heavy atom. The Balaban J connectivity index is 0.00000192. The molecule has 8 nitrogen and oxygen atoms in total. The number of aryl methyl sites for hydroxylation is 2. The number of fused-ring (bicyclic) bond motifs is 2. The number of carbonyl (C=O) groups excluding carboxylic acids is 1. The van der Waals surface area contributed by atoms with E-state index in [0.29, 0.717) is 6.42 Å². The molecule has 0 fully saturated rings. The summed E-state index contributed by atoms with van der Waals surface area (Å²) in [6, 6.07) is 7.91. The molecule has 2 N–H and O–H groups in total. The van der Waals surface area contributed by atoms with Gasteiger partial charge in [-0.1, -0.05) is 6.07 Å². The Morgan fingerprint density at radius 1 is 1.25 bits per heavy atom. The van der Waals surface area contributed by atoms with Crippen LogP contribution in [-0.2, 0) is 24.9 Å². The topological polar surface area (TPSA) is 89.7 Å². The maximum Gasteiger partial charge on any atom is 0.226 e. The number of rotatable bonds is 2. The van der Waals surface area contributed by atoms with E-state index in [1.165, 1.54) is 5.69 Å². The second-order valence-corrected chi connectivity index (χ2v) is 7.07. The first-order chi connectivity index (χ1) is 13.2. The third-order valence-electron chi connectivity index (χ3n) is 5.26. The number of nitrogens with one attached hydrogen (secondary N) is 2. The van der Waals surface area contributed by atoms with Crippen molar-refractivity contribution in [3.8, 4) is 11.4 Å². The number of hydrogen-bond acceptors (Lipinski definition) is 5. The van der Waals surface area contributed by atoms with Gasteiger partial charge in [0, 0.05) is 44.2 Å². The van der Waals surface area contributed by atoms with Crippen molar-refractivity contribution in [1.82, 2.24) is 29.9 Å². The highest BCUT2D eigenvalue weighted by Gasteiger charge is 2.35. The maximum absolute atomic E-state index is 12.4. The van der Waals surface area contributed by atoms with Crippen molar-refractivity contribution in [2.24, 2.45) is 7.05 Å². The molecule has 0 saturated heterocycles. The predicted octanol–water partition coefficient (Wildman–Crippen LogP) is 2.07. The van der Waals surface area contributed by atoms with Crippen LogP contribution in [0.3, 0.4) is 0 Å². The fraction of sp³-hybridized carbons (Fsp3) is 0.368. The summed E-state index contributed by atoms with van der Waals surface area (Å²) in [5.41, 5.74) is 4.70. The second-order valence-electron chi connectivity index (χ2n) is 7.07. The van der Waals surface area contributed by atoms with Crippen molar-refractivity contribution in [1.29, 1.82) is 0 Å². The van der Waals surface area contributed by atoms with Crippen LogP contribution < -0.4 is 10.6 Å². The molecule has 2 aliphatic heterocycles. The number of pyridine rings is 1. The Labute approximate surface area is 168 Å². The summed E-state index contributed by atoms with van der Waals surface area (Å²) in [7, 11) is 1.85. The quantitative estimate of drug-likeness (QED) is 0.688. The molecule has 0 bridgehead atoms. The predicted molar refractivity (Wildman–Crippen MR) is 107 cm³/mol. The molecule has 2 aliphatic rings. The minimum Gasteiger partial charge on any atom is -0.311 e. The van der Waals surface area contributed by atoms with Gasteiger partial charge in [-0.05, 0) is 31.2 Å². The second kappa shape index (κ2) is 7.37. The number of carbonyl (C=O) groups is 1. The summed E-state index contributed by atoms with van der Waals surface area (Å²) in [6.07, 6.45) is 3.18. The third-order valence-corrected chi connectivity index (χ3v) is 5.26. The van der Waals surface area contributed by atoms with Crippen LogP contribution in [0.1, 0.15) is 35.7 Å². The molecule has 0 saturated carbocycles. The van der Waals surface area contributed by atoms with E-state index in [2.05, 4.69) is 31.5 Å². The Bertz CT molecular complexity index is 987. The molecule has 0 aromatic carbocycles. The zero-order chi connectivity index (χ0) is 18.4. The van der Waals surface area contributed by atoms with Gasteiger partial charge in [0.2, 0.25) is 5.91 Å². The van der Waals surface area contributed by atoms with Crippen LogP contribution in [-0.4, -0.2) is 37.0 Å². The highest BCUT2D eigenvalue weighted by atomic mass is 35.5. The molecule has 3 aromatic heterocycles. The molecule has 9 heteroatoms. The molecular formula is C19H22ClN7O. The highest BCUT2D eigenvalue weighted by Crippen LogP contribution is 2.42. The van der Waals surface area contributed by atoms with E-state index in [9.17, 15) is 4.79 Å². The third kappa shape index (κ3) is 3.08. The van der Waals surface area contributed by atoms with Crippen molar-refractivity contribution in [3.63, 3.8) is 0 Å². The lowest BCUT2D eigenvalue weighted by molar-refractivity contribution is -0.116. The lowest BCUT2D eigenvalue weighted by Crippen LogP contribution is -2.25. The number of amides is 1. The average Bonchev–Trinajstić information content (AvgIpc) is 3.16. The molecule has 5 heterocycles. The Hall–Kier alpha value is -2.71. The van der Waals surface area contributed by atoms with Gasteiger partial charge in [-0.3, -0.25) is 19.1 Å². The van der Waals surface area contributed by atoms with Gasteiger partial charge in [-0.25, -0.2) is 0 Å². The molecule has 28 heavy (non-hydrogen) atoms. The molecule has 0 aliphatic carbocycles. The fourth-order valence-electron chi connectivity index (χ4n) is 3.99. The first kappa shape index (κ1) is 18.6. The van der Waals surface area contributed by atoms with Gasteiger partial charge in [-0.2, -0.15) is 10.2 Å². The maximum atomic E-state index is 12.4. The number of anilines is 1. The van der Waals surface area contributed by atoms with Crippen molar-refractivity contribution in [3.05, 3.63) is 47.4 Å². The highest BCUT2D eigenvalue weighted by molar-refractivity contribution is 5.96. The summed E-state index contributed by atoms with van der Waals surface area (Å²) in [6.45, 7) is 2.70. The minimum atomic E-state index is -0.126. The first-order valence-electron chi connectivity index (χ1n) is 9.26. The molecule has 1 amide bonds. The first-order valence-corrected chi connectivity index (χ1v) is 9.26. The molecule has 5 rings (SSSR count). The van der Waals surface area contributed by atoms with Gasteiger partial charge < -0.3 is 10.6 Å². The van der Waals surface area contributed by atoms with Gasteiger partial charge in [0.1, 0.15) is 11.5 Å². The van der Waals surface area contributed by atoms with E-state index in [1.807, 2.05) is 25.2 Å². The van der Waals surface area contributed by atoms with Crippen molar-refractivity contribution >= 4 is 24.1 Å². The number of halogens is 1. The van der Waals surface area contributed by atoms with E-state index < -0.39 is 0 Å². The molecule has 0 spiro atoms. The summed E-state index contributed by atoms with van der Waals surface area (Å²) in [4.78, 5) is 16.9. The van der Waals surface area contributed by atoms with Crippen LogP contribution in [0.4, 0.5) is 5.82 Å². The summed E-state index contributed by atoms with van der Waals surface area (Å²) in [5.74, 6) is 0.599. The van der Waals surface area contributed by atoms with Gasteiger partial charge in [0.15, 0.2) is 0 Å². The molecule has 1 unspecified atom stereocenters. The smallest absolute Gasteiger partial charge is 0.226 e. The zero-order valence-corrected chi connectivity index (χ0v) is 16.4. The minimum absolute atomic E-state index is 0. The average molecular weight is 400 g/mol. The van der Waals surface area contributed by atoms with Crippen molar-refractivity contribution in [2.45, 2.75) is 31.8 Å². The molecule has 146 valence electrons. The van der Waals surface area contributed by atoms with Gasteiger partial charge in [0.25, 0.3) is 0 Å². The van der Waals surface area contributed by atoms with E-state index in [-0.39, 0.29) is 24.2 Å². The standard InChI is InChI=1S/C19H21N7O.ClH/c1-25-19-17(18(24-25)14-5-2-3-7-21-14)13(10-16(27)22-19)15-9-12-11-20-6-4-8-26(12)23-15;/h2-3,5,7,9,13,20H,4,6,8,10-11H2,1H3,(H,22,27);1H. The SMILES string of the molecule is Cl.Cn1nc(-c2ccccn2)c2c1NC(=O)CC2c1cc2n(n1)CCCNC2. The van der Waals surface area contributed by atoms with E-state index in [4.69, 9.17) is 5.10 Å². The fourth-order valence-corrected chi connectivity index (χ4v) is 3.99. The van der Waals surface area contributed by atoms with Crippen LogP contribution in [0, 0.1) is 0 Å². The van der Waals surface area contributed by atoms with Gasteiger partial charge >= 0.3 is 0 Å². The van der Waals surface area contributed by atoms with Crippen molar-refractivity contribution < 1.29 is 4.79 Å². The van der Waals surface area contributed by atoms with Crippen molar-refractivity contribution in [2.75, 3.05) is 11.9 Å². The van der Waals surface area contributed by atoms with Crippen LogP contribution >= 0.6 is 12.4 Å².